The Bertz CT molecular complexity index is 462. The van der Waals surface area contributed by atoms with E-state index < -0.39 is 0 Å². The van der Waals surface area contributed by atoms with Gasteiger partial charge in [0.05, 0.1) is 29.5 Å². The molecule has 2 aliphatic carbocycles. The SMILES string of the molecule is CN(C)CCn1ncc(Cl)c1C(NN)C1CC2CC2C1. The third-order valence-corrected chi connectivity index (χ3v) is 5.11. The highest BCUT2D eigenvalue weighted by Gasteiger charge is 2.48. The highest BCUT2D eigenvalue weighted by Crippen LogP contribution is 2.57. The number of hydrogen-bond acceptors (Lipinski definition) is 4. The van der Waals surface area contributed by atoms with Crippen molar-refractivity contribution in [2.24, 2.45) is 23.6 Å². The number of hydrogen-bond donors (Lipinski definition) is 2. The molecule has 0 amide bonds. The van der Waals surface area contributed by atoms with E-state index in [9.17, 15) is 0 Å². The molecule has 0 aromatic carbocycles. The second-order valence-electron chi connectivity index (χ2n) is 6.54. The van der Waals surface area contributed by atoms with E-state index in [1.165, 1.54) is 19.3 Å². The number of nitrogens with one attached hydrogen (secondary N) is 1. The first-order chi connectivity index (χ1) is 9.60. The zero-order valence-electron chi connectivity index (χ0n) is 12.2. The van der Waals surface area contributed by atoms with E-state index in [0.29, 0.717) is 5.92 Å². The molecule has 0 spiro atoms. The maximum Gasteiger partial charge on any atom is 0.0834 e. The quantitative estimate of drug-likeness (QED) is 0.619. The Morgan fingerprint density at radius 2 is 2.15 bits per heavy atom. The van der Waals surface area contributed by atoms with Crippen LogP contribution in [0.2, 0.25) is 5.02 Å². The molecular weight excluding hydrogens is 274 g/mol. The summed E-state index contributed by atoms with van der Waals surface area (Å²) >= 11 is 6.37. The van der Waals surface area contributed by atoms with E-state index in [1.807, 2.05) is 4.68 Å². The zero-order chi connectivity index (χ0) is 14.3. The summed E-state index contributed by atoms with van der Waals surface area (Å²) in [6, 6.07) is 0.125. The predicted molar refractivity (Wildman–Crippen MR) is 80.2 cm³/mol. The van der Waals surface area contributed by atoms with Crippen molar-refractivity contribution in [2.75, 3.05) is 20.6 Å². The second-order valence-corrected chi connectivity index (χ2v) is 6.94. The maximum absolute atomic E-state index is 6.37. The molecule has 0 bridgehead atoms. The maximum atomic E-state index is 6.37. The van der Waals surface area contributed by atoms with Crippen LogP contribution in [0.1, 0.15) is 31.0 Å². The van der Waals surface area contributed by atoms with Crippen LogP contribution in [0.5, 0.6) is 0 Å². The summed E-state index contributed by atoms with van der Waals surface area (Å²) in [4.78, 5) is 2.15. The van der Waals surface area contributed by atoms with Crippen LogP contribution in [0.25, 0.3) is 0 Å². The van der Waals surface area contributed by atoms with Gasteiger partial charge in [-0.3, -0.25) is 16.0 Å². The summed E-state index contributed by atoms with van der Waals surface area (Å²) in [5.74, 6) is 8.31. The molecule has 5 nitrogen and oxygen atoms in total. The predicted octanol–water partition coefficient (Wildman–Crippen LogP) is 1.65. The molecular formula is C14H24ClN5. The average Bonchev–Trinajstić information content (AvgIpc) is 2.85. The van der Waals surface area contributed by atoms with Crippen molar-refractivity contribution in [2.45, 2.75) is 31.8 Å². The molecule has 2 saturated carbocycles. The number of halogens is 1. The van der Waals surface area contributed by atoms with Gasteiger partial charge in [0.1, 0.15) is 0 Å². The summed E-state index contributed by atoms with van der Waals surface area (Å²) < 4.78 is 2.01. The van der Waals surface area contributed by atoms with Gasteiger partial charge < -0.3 is 4.90 Å². The molecule has 3 rings (SSSR count). The lowest BCUT2D eigenvalue weighted by Crippen LogP contribution is -2.35. The molecule has 3 atom stereocenters. The topological polar surface area (TPSA) is 59.1 Å². The highest BCUT2D eigenvalue weighted by molar-refractivity contribution is 6.31. The van der Waals surface area contributed by atoms with Crippen LogP contribution < -0.4 is 11.3 Å². The fraction of sp³-hybridized carbons (Fsp3) is 0.786. The van der Waals surface area contributed by atoms with Crippen molar-refractivity contribution in [3.63, 3.8) is 0 Å². The molecule has 112 valence electrons. The Morgan fingerprint density at radius 1 is 1.45 bits per heavy atom. The largest absolute Gasteiger partial charge is 0.308 e. The minimum atomic E-state index is 0.125. The Balaban J connectivity index is 1.77. The van der Waals surface area contributed by atoms with Crippen molar-refractivity contribution in [1.29, 1.82) is 0 Å². The van der Waals surface area contributed by atoms with Gasteiger partial charge >= 0.3 is 0 Å². The van der Waals surface area contributed by atoms with Gasteiger partial charge in [-0.25, -0.2) is 0 Å². The van der Waals surface area contributed by atoms with E-state index >= 15 is 0 Å². The molecule has 20 heavy (non-hydrogen) atoms. The van der Waals surface area contributed by atoms with Crippen molar-refractivity contribution in [3.05, 3.63) is 16.9 Å². The third kappa shape index (κ3) is 2.72. The molecule has 3 unspecified atom stereocenters. The third-order valence-electron chi connectivity index (χ3n) is 4.82. The highest BCUT2D eigenvalue weighted by atomic mass is 35.5. The van der Waals surface area contributed by atoms with Gasteiger partial charge in [0.2, 0.25) is 0 Å². The first-order valence-electron chi connectivity index (χ1n) is 7.42. The van der Waals surface area contributed by atoms with Crippen molar-refractivity contribution in [1.82, 2.24) is 20.1 Å². The molecule has 2 aliphatic rings. The van der Waals surface area contributed by atoms with Crippen LogP contribution in [-0.2, 0) is 6.54 Å². The van der Waals surface area contributed by atoms with E-state index in [-0.39, 0.29) is 6.04 Å². The van der Waals surface area contributed by atoms with E-state index in [2.05, 4.69) is 29.5 Å². The van der Waals surface area contributed by atoms with Gasteiger partial charge in [-0.2, -0.15) is 5.10 Å². The van der Waals surface area contributed by atoms with Gasteiger partial charge in [0.25, 0.3) is 0 Å². The van der Waals surface area contributed by atoms with Crippen LogP contribution in [0.3, 0.4) is 0 Å². The Morgan fingerprint density at radius 3 is 2.75 bits per heavy atom. The molecule has 0 saturated heterocycles. The normalized spacial score (nSPS) is 29.8. The number of fused-ring (bicyclic) bond motifs is 1. The van der Waals surface area contributed by atoms with Crippen LogP contribution >= 0.6 is 11.6 Å². The number of nitrogens with two attached hydrogens (primary N) is 1. The van der Waals surface area contributed by atoms with E-state index in [0.717, 1.165) is 35.6 Å². The Hall–Kier alpha value is -0.620. The molecule has 1 heterocycles. The van der Waals surface area contributed by atoms with Crippen molar-refractivity contribution >= 4 is 11.6 Å². The zero-order valence-corrected chi connectivity index (χ0v) is 13.0. The Labute approximate surface area is 125 Å². The van der Waals surface area contributed by atoms with Crippen LogP contribution in [0.4, 0.5) is 0 Å². The van der Waals surface area contributed by atoms with Gasteiger partial charge in [0.15, 0.2) is 0 Å². The van der Waals surface area contributed by atoms with Gasteiger partial charge in [-0.05, 0) is 51.1 Å². The summed E-state index contributed by atoms with van der Waals surface area (Å²) in [7, 11) is 4.13. The average molecular weight is 298 g/mol. The monoisotopic (exact) mass is 297 g/mol. The summed E-state index contributed by atoms with van der Waals surface area (Å²) in [5.41, 5.74) is 4.06. The molecule has 0 aliphatic heterocycles. The number of hydrazine groups is 1. The van der Waals surface area contributed by atoms with Gasteiger partial charge in [-0.1, -0.05) is 11.6 Å². The fourth-order valence-corrected chi connectivity index (χ4v) is 3.88. The molecule has 1 aromatic rings. The van der Waals surface area contributed by atoms with Gasteiger partial charge in [0, 0.05) is 6.54 Å². The number of aromatic nitrogens is 2. The molecule has 6 heteroatoms. The second kappa shape index (κ2) is 5.64. The van der Waals surface area contributed by atoms with Crippen LogP contribution in [-0.4, -0.2) is 35.3 Å². The fourth-order valence-electron chi connectivity index (χ4n) is 3.63. The van der Waals surface area contributed by atoms with Gasteiger partial charge in [-0.15, -0.1) is 0 Å². The number of rotatable bonds is 6. The lowest BCUT2D eigenvalue weighted by atomic mass is 9.92. The number of nitrogens with zero attached hydrogens (tertiary/aromatic N) is 3. The molecule has 1 aromatic heterocycles. The summed E-state index contributed by atoms with van der Waals surface area (Å²) in [5, 5.41) is 5.15. The standard InChI is InChI=1S/C14H24ClN5/c1-19(2)3-4-20-14(12(15)8-17-20)13(18-16)11-6-9-5-10(9)7-11/h8-11,13,18H,3-7,16H2,1-2H3. The summed E-state index contributed by atoms with van der Waals surface area (Å²) in [6.07, 6.45) is 5.71. The Kier molecular flexibility index (Phi) is 4.04. The lowest BCUT2D eigenvalue weighted by molar-refractivity contribution is 0.314. The van der Waals surface area contributed by atoms with E-state index in [1.54, 1.807) is 6.20 Å². The lowest BCUT2D eigenvalue weighted by Gasteiger charge is -2.25. The smallest absolute Gasteiger partial charge is 0.0834 e. The first kappa shape index (κ1) is 14.3. The summed E-state index contributed by atoms with van der Waals surface area (Å²) in [6.45, 7) is 1.78. The molecule has 2 fully saturated rings. The number of likely N-dealkylation sites (N-methyl/N-ethyl adjacent to an activating group) is 1. The minimum Gasteiger partial charge on any atom is -0.308 e. The molecule has 0 radical (unpaired) electrons. The van der Waals surface area contributed by atoms with Crippen molar-refractivity contribution in [3.8, 4) is 0 Å². The van der Waals surface area contributed by atoms with Crippen LogP contribution in [0.15, 0.2) is 6.20 Å². The van der Waals surface area contributed by atoms with E-state index in [4.69, 9.17) is 17.4 Å². The van der Waals surface area contributed by atoms with Crippen molar-refractivity contribution < 1.29 is 0 Å². The van der Waals surface area contributed by atoms with Crippen LogP contribution in [0, 0.1) is 17.8 Å². The molecule has 3 N–H and O–H groups in total. The first-order valence-corrected chi connectivity index (χ1v) is 7.80. The minimum absolute atomic E-state index is 0.125.